The number of benzene rings is 9. The minimum atomic E-state index is -0.599. The third-order valence-electron chi connectivity index (χ3n) is 11.5. The van der Waals surface area contributed by atoms with Gasteiger partial charge in [0.25, 0.3) is 0 Å². The van der Waals surface area contributed by atoms with Crippen LogP contribution in [0.3, 0.4) is 0 Å². The van der Waals surface area contributed by atoms with Crippen molar-refractivity contribution in [2.24, 2.45) is 0 Å². The van der Waals surface area contributed by atoms with E-state index in [1.807, 2.05) is 54.2 Å². The largest absolute Gasteiger partial charge is 0.455 e. The summed E-state index contributed by atoms with van der Waals surface area (Å²) in [5.41, 5.74) is 9.52. The molecule has 0 N–H and O–H groups in total. The molecule has 268 valence electrons. The highest BCUT2D eigenvalue weighted by Crippen LogP contribution is 2.62. The molecule has 3 heterocycles. The van der Waals surface area contributed by atoms with E-state index in [4.69, 9.17) is 11.3 Å². The van der Waals surface area contributed by atoms with Crippen LogP contribution in [0, 0.1) is 0 Å². The fraction of sp³-hybridized carbons (Fsp3) is 0.0189. The third kappa shape index (κ3) is 4.94. The third-order valence-corrected chi connectivity index (χ3v) is 13.8. The molecule has 0 aliphatic carbocycles. The number of fused-ring (bicyclic) bond motifs is 13. The van der Waals surface area contributed by atoms with E-state index in [1.54, 1.807) is 11.8 Å². The van der Waals surface area contributed by atoms with Crippen molar-refractivity contribution in [2.75, 3.05) is 4.90 Å². The molecule has 0 unspecified atom stereocenters. The Hall–Kier alpha value is -6.46. The second kappa shape index (κ2) is 12.8. The summed E-state index contributed by atoms with van der Waals surface area (Å²) in [5, 5.41) is 4.20. The lowest BCUT2D eigenvalue weighted by atomic mass is 9.64. The van der Waals surface area contributed by atoms with Crippen molar-refractivity contribution in [1.29, 1.82) is 0 Å². The van der Waals surface area contributed by atoms with Gasteiger partial charge in [-0.3, -0.25) is 0 Å². The molecule has 12 rings (SSSR count). The molecule has 57 heavy (non-hydrogen) atoms. The fourth-order valence-electron chi connectivity index (χ4n) is 9.00. The van der Waals surface area contributed by atoms with Crippen molar-refractivity contribution in [3.05, 3.63) is 222 Å². The molecule has 10 aromatic rings. The van der Waals surface area contributed by atoms with Crippen LogP contribution in [0.1, 0.15) is 29.1 Å². The average molecular weight is 769 g/mol. The van der Waals surface area contributed by atoms with Crippen LogP contribution in [0.4, 0.5) is 17.1 Å². The van der Waals surface area contributed by atoms with E-state index < -0.39 is 11.5 Å². The van der Waals surface area contributed by atoms with Crippen LogP contribution in [-0.2, 0) is 5.41 Å². The molecule has 0 bridgehead atoms. The number of nitrogens with zero attached hydrogens (tertiary/aromatic N) is 1. The van der Waals surface area contributed by atoms with E-state index >= 15 is 0 Å². The zero-order valence-electron chi connectivity index (χ0n) is 35.3. The fourth-order valence-corrected chi connectivity index (χ4v) is 11.4. The van der Waals surface area contributed by atoms with Gasteiger partial charge in [0.2, 0.25) is 0 Å². The zero-order chi connectivity index (χ0) is 41.9. The Morgan fingerprint density at radius 3 is 1.70 bits per heavy atom. The average Bonchev–Trinajstić information content (AvgIpc) is 3.70. The number of furan rings is 1. The van der Waals surface area contributed by atoms with Crippen LogP contribution in [-0.4, -0.2) is 0 Å². The molecule has 9 aromatic carbocycles. The molecular formula is C53H33NOS2. The minimum Gasteiger partial charge on any atom is -0.455 e. The highest BCUT2D eigenvalue weighted by atomic mass is 32.2. The molecular weight excluding hydrogens is 731 g/mol. The maximum atomic E-state index is 8.69. The van der Waals surface area contributed by atoms with Gasteiger partial charge in [0.1, 0.15) is 11.2 Å². The van der Waals surface area contributed by atoms with Crippen molar-refractivity contribution in [3.8, 4) is 11.1 Å². The van der Waals surface area contributed by atoms with Crippen LogP contribution in [0.5, 0.6) is 0 Å². The molecule has 1 spiro atoms. The zero-order valence-corrected chi connectivity index (χ0v) is 32.0. The Morgan fingerprint density at radius 2 is 1.00 bits per heavy atom. The normalized spacial score (nSPS) is 14.8. The minimum absolute atomic E-state index is 0.175. The number of anilines is 3. The highest BCUT2D eigenvalue weighted by Gasteiger charge is 2.48. The van der Waals surface area contributed by atoms with Gasteiger partial charge in [-0.2, -0.15) is 0 Å². The first kappa shape index (κ1) is 28.0. The first-order chi connectivity index (χ1) is 30.3. The standard InChI is InChI=1S/C53H33NOS2/c1-2-12-34(13-3-1)35-22-25-37(26-23-35)54(38-27-30-40-36(32-38)24-29-42-41-14-4-8-18-47(41)55-52(40)42)39-28-31-51-46(33-39)53(45-17-7-11-21-50(45)57-51)43-15-5-9-19-48(43)56-49-20-10-6-16-44(49)53/h1-33H/i1D,2D,3D,12D,13D. The second-order valence-electron chi connectivity index (χ2n) is 14.5. The van der Waals surface area contributed by atoms with Gasteiger partial charge < -0.3 is 9.32 Å². The molecule has 0 saturated carbocycles. The van der Waals surface area contributed by atoms with Gasteiger partial charge in [-0.1, -0.05) is 145 Å². The number of para-hydroxylation sites is 1. The number of rotatable bonds is 4. The second-order valence-corrected chi connectivity index (χ2v) is 16.6. The monoisotopic (exact) mass is 768 g/mol. The van der Waals surface area contributed by atoms with E-state index in [2.05, 4.69) is 132 Å². The summed E-state index contributed by atoms with van der Waals surface area (Å²) in [4.78, 5) is 7.14. The maximum absolute atomic E-state index is 8.69. The van der Waals surface area contributed by atoms with Crippen LogP contribution in [0.25, 0.3) is 43.8 Å². The highest BCUT2D eigenvalue weighted by molar-refractivity contribution is 8.00. The van der Waals surface area contributed by atoms with Crippen LogP contribution in [0.15, 0.2) is 224 Å². The summed E-state index contributed by atoms with van der Waals surface area (Å²) >= 11 is 3.63. The van der Waals surface area contributed by atoms with E-state index in [1.165, 1.54) is 41.8 Å². The van der Waals surface area contributed by atoms with Crippen molar-refractivity contribution in [3.63, 3.8) is 0 Å². The van der Waals surface area contributed by atoms with E-state index in [9.17, 15) is 0 Å². The lowest BCUT2D eigenvalue weighted by Gasteiger charge is -2.46. The summed E-state index contributed by atoms with van der Waals surface area (Å²) in [6.45, 7) is 0. The van der Waals surface area contributed by atoms with Gasteiger partial charge in [0.05, 0.1) is 12.3 Å². The Bertz CT molecular complexity index is 3380. The van der Waals surface area contributed by atoms with Crippen molar-refractivity contribution >= 4 is 73.3 Å². The van der Waals surface area contributed by atoms with Crippen LogP contribution < -0.4 is 4.90 Å². The predicted molar refractivity (Wildman–Crippen MR) is 238 cm³/mol. The summed E-state index contributed by atoms with van der Waals surface area (Å²) in [6.07, 6.45) is 0. The molecule has 4 heteroatoms. The molecule has 2 aliphatic rings. The summed E-state index contributed by atoms with van der Waals surface area (Å²) in [6, 6.07) is 58.2. The summed E-state index contributed by atoms with van der Waals surface area (Å²) < 4.78 is 48.7. The number of hydrogen-bond acceptors (Lipinski definition) is 4. The van der Waals surface area contributed by atoms with Gasteiger partial charge >= 0.3 is 0 Å². The Labute approximate surface area is 346 Å². The summed E-state index contributed by atoms with van der Waals surface area (Å²) in [7, 11) is 0. The van der Waals surface area contributed by atoms with E-state index in [-0.39, 0.29) is 29.7 Å². The van der Waals surface area contributed by atoms with Gasteiger partial charge in [-0.15, -0.1) is 0 Å². The first-order valence-electron chi connectivity index (χ1n) is 21.4. The van der Waals surface area contributed by atoms with Crippen LogP contribution in [0.2, 0.25) is 0 Å². The molecule has 2 nitrogen and oxygen atoms in total. The molecule has 0 radical (unpaired) electrons. The SMILES string of the molecule is [2H]c1c([2H])c([2H])c(-c2ccc(N(c3ccc4c(c3)C3(c5ccccc5Sc5ccccc53)c3ccccc3S4)c3ccc4c(ccc5c6ccccc6oc45)c3)cc2)c([2H])c1[2H]. The molecule has 0 fully saturated rings. The van der Waals surface area contributed by atoms with E-state index in [0.29, 0.717) is 5.56 Å². The van der Waals surface area contributed by atoms with E-state index in [0.717, 1.165) is 49.8 Å². The quantitative estimate of drug-likeness (QED) is 0.177. The molecule has 1 aromatic heterocycles. The van der Waals surface area contributed by atoms with Gasteiger partial charge in [-0.05, 0) is 118 Å². The van der Waals surface area contributed by atoms with Gasteiger partial charge in [0, 0.05) is 52.8 Å². The molecule has 0 amide bonds. The van der Waals surface area contributed by atoms with Gasteiger partial charge in [0.15, 0.2) is 0 Å². The lowest BCUT2D eigenvalue weighted by molar-refractivity contribution is 0.667. The lowest BCUT2D eigenvalue weighted by Crippen LogP contribution is -2.36. The molecule has 2 aliphatic heterocycles. The van der Waals surface area contributed by atoms with Gasteiger partial charge in [-0.25, -0.2) is 0 Å². The predicted octanol–water partition coefficient (Wildman–Crippen LogP) is 15.2. The summed E-state index contributed by atoms with van der Waals surface area (Å²) in [5.74, 6) is 0. The maximum Gasteiger partial charge on any atom is 0.143 e. The topological polar surface area (TPSA) is 16.4 Å². The molecule has 0 saturated heterocycles. The Balaban J connectivity index is 1.10. The molecule has 0 atom stereocenters. The van der Waals surface area contributed by atoms with Crippen molar-refractivity contribution in [1.82, 2.24) is 0 Å². The number of hydrogen-bond donors (Lipinski definition) is 0. The van der Waals surface area contributed by atoms with Crippen molar-refractivity contribution in [2.45, 2.75) is 25.0 Å². The Morgan fingerprint density at radius 1 is 0.439 bits per heavy atom. The smallest absolute Gasteiger partial charge is 0.143 e. The van der Waals surface area contributed by atoms with Crippen molar-refractivity contribution < 1.29 is 11.3 Å². The van der Waals surface area contributed by atoms with Crippen LogP contribution >= 0.6 is 23.5 Å². The Kier molecular flexibility index (Phi) is 6.28. The first-order valence-corrected chi connectivity index (χ1v) is 20.5.